The SMILES string of the molecule is CN(CCCl)c1ccc(Cl)cc1C(=O)c1ccccc1. The van der Waals surface area contributed by atoms with Crippen molar-refractivity contribution >= 4 is 34.7 Å². The summed E-state index contributed by atoms with van der Waals surface area (Å²) in [6.07, 6.45) is 0. The molecule has 0 atom stereocenters. The molecule has 4 heteroatoms. The minimum absolute atomic E-state index is 0.0375. The number of nitrogens with zero attached hydrogens (tertiary/aromatic N) is 1. The Kier molecular flexibility index (Phi) is 5.05. The number of ketones is 1. The van der Waals surface area contributed by atoms with Gasteiger partial charge in [0.2, 0.25) is 0 Å². The number of benzene rings is 2. The van der Waals surface area contributed by atoms with Crippen LogP contribution in [0.2, 0.25) is 5.02 Å². The molecule has 0 radical (unpaired) electrons. The van der Waals surface area contributed by atoms with Crippen molar-refractivity contribution in [2.24, 2.45) is 0 Å². The van der Waals surface area contributed by atoms with Gasteiger partial charge in [-0.15, -0.1) is 11.6 Å². The molecule has 0 N–H and O–H groups in total. The van der Waals surface area contributed by atoms with Gasteiger partial charge in [0.1, 0.15) is 0 Å². The lowest BCUT2D eigenvalue weighted by atomic mass is 10.0. The Bertz CT molecular complexity index is 599. The molecule has 2 rings (SSSR count). The first-order valence-electron chi connectivity index (χ1n) is 6.30. The summed E-state index contributed by atoms with van der Waals surface area (Å²) in [6.45, 7) is 0.665. The average Bonchev–Trinajstić information content (AvgIpc) is 2.47. The van der Waals surface area contributed by atoms with Crippen LogP contribution in [-0.4, -0.2) is 25.3 Å². The molecule has 0 unspecified atom stereocenters. The van der Waals surface area contributed by atoms with Crippen molar-refractivity contribution in [3.8, 4) is 0 Å². The van der Waals surface area contributed by atoms with Crippen molar-refractivity contribution in [2.45, 2.75) is 0 Å². The van der Waals surface area contributed by atoms with Crippen LogP contribution in [0.1, 0.15) is 15.9 Å². The minimum Gasteiger partial charge on any atom is -0.373 e. The molecule has 0 aromatic heterocycles. The van der Waals surface area contributed by atoms with E-state index in [1.807, 2.05) is 36.2 Å². The van der Waals surface area contributed by atoms with Crippen molar-refractivity contribution in [1.29, 1.82) is 0 Å². The highest BCUT2D eigenvalue weighted by atomic mass is 35.5. The number of halogens is 2. The molecular formula is C16H15Cl2NO. The van der Waals surface area contributed by atoms with E-state index in [4.69, 9.17) is 23.2 Å². The van der Waals surface area contributed by atoms with E-state index >= 15 is 0 Å². The van der Waals surface area contributed by atoms with Gasteiger partial charge in [0.25, 0.3) is 0 Å². The Morgan fingerprint density at radius 1 is 1.15 bits per heavy atom. The Morgan fingerprint density at radius 3 is 2.50 bits per heavy atom. The van der Waals surface area contributed by atoms with Crippen LogP contribution in [-0.2, 0) is 0 Å². The van der Waals surface area contributed by atoms with Gasteiger partial charge in [0.05, 0.1) is 0 Å². The third-order valence-corrected chi connectivity index (χ3v) is 3.47. The normalized spacial score (nSPS) is 10.3. The van der Waals surface area contributed by atoms with Crippen LogP contribution in [0.4, 0.5) is 5.69 Å². The predicted octanol–water partition coefficient (Wildman–Crippen LogP) is 4.25. The van der Waals surface area contributed by atoms with Gasteiger partial charge in [0, 0.05) is 41.3 Å². The van der Waals surface area contributed by atoms with Crippen LogP contribution >= 0.6 is 23.2 Å². The van der Waals surface area contributed by atoms with E-state index in [2.05, 4.69) is 0 Å². The highest BCUT2D eigenvalue weighted by Gasteiger charge is 2.16. The van der Waals surface area contributed by atoms with Gasteiger partial charge in [-0.3, -0.25) is 4.79 Å². The summed E-state index contributed by atoms with van der Waals surface area (Å²) in [5, 5.41) is 0.548. The number of carbonyl (C=O) groups excluding carboxylic acids is 1. The van der Waals surface area contributed by atoms with Gasteiger partial charge in [-0.1, -0.05) is 41.9 Å². The Labute approximate surface area is 128 Å². The van der Waals surface area contributed by atoms with Crippen LogP contribution in [0.15, 0.2) is 48.5 Å². The number of carbonyl (C=O) groups is 1. The van der Waals surface area contributed by atoms with Crippen molar-refractivity contribution in [2.75, 3.05) is 24.4 Å². The summed E-state index contributed by atoms with van der Waals surface area (Å²) in [7, 11) is 1.91. The number of hydrogen-bond donors (Lipinski definition) is 0. The molecule has 20 heavy (non-hydrogen) atoms. The van der Waals surface area contributed by atoms with Crippen molar-refractivity contribution < 1.29 is 4.79 Å². The fraction of sp³-hybridized carbons (Fsp3) is 0.188. The molecule has 0 aliphatic heterocycles. The topological polar surface area (TPSA) is 20.3 Å². The average molecular weight is 308 g/mol. The zero-order chi connectivity index (χ0) is 14.5. The molecule has 2 aromatic rings. The number of anilines is 1. The van der Waals surface area contributed by atoms with Crippen molar-refractivity contribution in [1.82, 2.24) is 0 Å². The largest absolute Gasteiger partial charge is 0.373 e. The maximum atomic E-state index is 12.6. The first-order chi connectivity index (χ1) is 9.63. The summed E-state index contributed by atoms with van der Waals surface area (Å²) in [6, 6.07) is 14.5. The Balaban J connectivity index is 2.44. The van der Waals surface area contributed by atoms with E-state index in [0.29, 0.717) is 28.6 Å². The first kappa shape index (κ1) is 14.9. The molecule has 0 saturated carbocycles. The third-order valence-electron chi connectivity index (χ3n) is 3.07. The molecule has 0 fully saturated rings. The smallest absolute Gasteiger partial charge is 0.195 e. The zero-order valence-electron chi connectivity index (χ0n) is 11.1. The van der Waals surface area contributed by atoms with Gasteiger partial charge in [0.15, 0.2) is 5.78 Å². The summed E-state index contributed by atoms with van der Waals surface area (Å²) < 4.78 is 0. The van der Waals surface area contributed by atoms with Crippen LogP contribution in [0.5, 0.6) is 0 Å². The lowest BCUT2D eigenvalue weighted by Crippen LogP contribution is -2.22. The summed E-state index contributed by atoms with van der Waals surface area (Å²) in [5.74, 6) is 0.461. The third kappa shape index (κ3) is 3.33. The van der Waals surface area contributed by atoms with Gasteiger partial charge in [-0.25, -0.2) is 0 Å². The van der Waals surface area contributed by atoms with Gasteiger partial charge in [-0.05, 0) is 18.2 Å². The van der Waals surface area contributed by atoms with E-state index in [-0.39, 0.29) is 5.78 Å². The molecule has 0 spiro atoms. The summed E-state index contributed by atoms with van der Waals surface area (Å²) >= 11 is 11.8. The first-order valence-corrected chi connectivity index (χ1v) is 7.21. The van der Waals surface area contributed by atoms with E-state index < -0.39 is 0 Å². The summed E-state index contributed by atoms with van der Waals surface area (Å²) in [5.41, 5.74) is 2.08. The highest BCUT2D eigenvalue weighted by Crippen LogP contribution is 2.26. The molecule has 0 aliphatic rings. The van der Waals surface area contributed by atoms with E-state index in [9.17, 15) is 4.79 Å². The van der Waals surface area contributed by atoms with Gasteiger partial charge >= 0.3 is 0 Å². The van der Waals surface area contributed by atoms with Crippen LogP contribution in [0.3, 0.4) is 0 Å². The predicted molar refractivity (Wildman–Crippen MR) is 85.3 cm³/mol. The molecule has 104 valence electrons. The Morgan fingerprint density at radius 2 is 1.85 bits per heavy atom. The molecular weight excluding hydrogens is 293 g/mol. The zero-order valence-corrected chi connectivity index (χ0v) is 12.7. The Hall–Kier alpha value is -1.51. The maximum absolute atomic E-state index is 12.6. The van der Waals surface area contributed by atoms with Crippen LogP contribution in [0.25, 0.3) is 0 Å². The molecule has 0 amide bonds. The second-order valence-electron chi connectivity index (χ2n) is 4.47. The van der Waals surface area contributed by atoms with Gasteiger partial charge < -0.3 is 4.90 Å². The number of hydrogen-bond acceptors (Lipinski definition) is 2. The quantitative estimate of drug-likeness (QED) is 0.608. The minimum atomic E-state index is -0.0375. The lowest BCUT2D eigenvalue weighted by Gasteiger charge is -2.21. The standard InChI is InChI=1S/C16H15Cl2NO/c1-19(10-9-17)15-8-7-13(18)11-14(15)16(20)12-5-3-2-4-6-12/h2-8,11H,9-10H2,1H3. The molecule has 2 aromatic carbocycles. The fourth-order valence-electron chi connectivity index (χ4n) is 2.02. The molecule has 0 aliphatic carbocycles. The molecule has 0 saturated heterocycles. The number of alkyl halides is 1. The fourth-order valence-corrected chi connectivity index (χ4v) is 2.44. The second-order valence-corrected chi connectivity index (χ2v) is 5.28. The van der Waals surface area contributed by atoms with Crippen molar-refractivity contribution in [3.05, 3.63) is 64.7 Å². The molecule has 0 heterocycles. The van der Waals surface area contributed by atoms with Gasteiger partial charge in [-0.2, -0.15) is 0 Å². The summed E-state index contributed by atoms with van der Waals surface area (Å²) in [4.78, 5) is 14.6. The van der Waals surface area contributed by atoms with Crippen molar-refractivity contribution in [3.63, 3.8) is 0 Å². The monoisotopic (exact) mass is 307 g/mol. The second kappa shape index (κ2) is 6.78. The van der Waals surface area contributed by atoms with Crippen LogP contribution in [0, 0.1) is 0 Å². The molecule has 2 nitrogen and oxygen atoms in total. The number of rotatable bonds is 5. The lowest BCUT2D eigenvalue weighted by molar-refractivity contribution is 0.103. The van der Waals surface area contributed by atoms with E-state index in [1.54, 1.807) is 24.3 Å². The van der Waals surface area contributed by atoms with E-state index in [0.717, 1.165) is 5.69 Å². The maximum Gasteiger partial charge on any atom is 0.195 e. The van der Waals surface area contributed by atoms with E-state index in [1.165, 1.54) is 0 Å². The van der Waals surface area contributed by atoms with Crippen LogP contribution < -0.4 is 4.90 Å². The molecule has 0 bridgehead atoms. The highest BCUT2D eigenvalue weighted by molar-refractivity contribution is 6.31.